The molecule has 0 bridgehead atoms. The molecular weight excluding hydrogens is 196 g/mol. The van der Waals surface area contributed by atoms with E-state index in [0.29, 0.717) is 0 Å². The van der Waals surface area contributed by atoms with Crippen molar-refractivity contribution < 1.29 is 13.5 Å². The topological polar surface area (TPSA) is 21.3 Å². The average molecular weight is 209 g/mol. The third-order valence-corrected chi connectivity index (χ3v) is 3.51. The summed E-state index contributed by atoms with van der Waals surface area (Å²) in [5.41, 5.74) is -0.438. The van der Waals surface area contributed by atoms with Crippen LogP contribution in [0, 0.1) is 0 Å². The fraction of sp³-hybridized carbons (Fsp3) is 1.00. The van der Waals surface area contributed by atoms with Crippen LogP contribution in [0.2, 0.25) is 0 Å². The van der Waals surface area contributed by atoms with Gasteiger partial charge in [-0.1, -0.05) is 0 Å². The van der Waals surface area contributed by atoms with Crippen LogP contribution in [-0.2, 0) is 4.74 Å². The molecule has 0 amide bonds. The van der Waals surface area contributed by atoms with Crippen molar-refractivity contribution in [1.29, 1.82) is 0 Å². The van der Waals surface area contributed by atoms with Crippen molar-refractivity contribution in [1.82, 2.24) is 5.32 Å². The summed E-state index contributed by atoms with van der Waals surface area (Å²) in [6.45, 7) is -0.664. The number of halogens is 2. The van der Waals surface area contributed by atoms with E-state index in [0.717, 1.165) is 24.3 Å². The summed E-state index contributed by atoms with van der Waals surface area (Å²) in [4.78, 5) is 0. The van der Waals surface area contributed by atoms with Gasteiger partial charge in [0.15, 0.2) is 0 Å². The van der Waals surface area contributed by atoms with Gasteiger partial charge in [0.05, 0.1) is 6.54 Å². The zero-order chi connectivity index (χ0) is 9.36. The Kier molecular flexibility index (Phi) is 2.51. The van der Waals surface area contributed by atoms with E-state index >= 15 is 0 Å². The van der Waals surface area contributed by atoms with Crippen molar-refractivity contribution in [2.75, 3.05) is 24.7 Å². The molecule has 2 rings (SSSR count). The molecule has 0 saturated carbocycles. The molecule has 0 aromatic heterocycles. The van der Waals surface area contributed by atoms with E-state index in [4.69, 9.17) is 4.74 Å². The van der Waals surface area contributed by atoms with E-state index in [1.54, 1.807) is 0 Å². The molecule has 5 heteroatoms. The van der Waals surface area contributed by atoms with Crippen LogP contribution in [0.5, 0.6) is 0 Å². The monoisotopic (exact) mass is 209 g/mol. The minimum Gasteiger partial charge on any atom is -0.354 e. The third-order valence-electron chi connectivity index (χ3n) is 2.53. The van der Waals surface area contributed by atoms with Gasteiger partial charge in [0, 0.05) is 0 Å². The van der Waals surface area contributed by atoms with E-state index < -0.39 is 18.3 Å². The first-order valence-electron chi connectivity index (χ1n) is 4.47. The van der Waals surface area contributed by atoms with Crippen LogP contribution in [0.15, 0.2) is 0 Å². The number of rotatable bonds is 0. The Morgan fingerprint density at radius 1 is 1.23 bits per heavy atom. The predicted octanol–water partition coefficient (Wildman–Crippen LogP) is 1.46. The zero-order valence-electron chi connectivity index (χ0n) is 7.32. The Morgan fingerprint density at radius 3 is 2.46 bits per heavy atom. The highest BCUT2D eigenvalue weighted by atomic mass is 32.2. The number of ether oxygens (including phenoxy) is 1. The van der Waals surface area contributed by atoms with Crippen LogP contribution in [0.3, 0.4) is 0 Å². The Balaban J connectivity index is 1.95. The van der Waals surface area contributed by atoms with Gasteiger partial charge < -0.3 is 4.74 Å². The summed E-state index contributed by atoms with van der Waals surface area (Å²) in [5, 5.41) is 2.84. The first-order chi connectivity index (χ1) is 6.12. The van der Waals surface area contributed by atoms with Crippen LogP contribution in [0.4, 0.5) is 8.78 Å². The Bertz CT molecular complexity index is 183. The quantitative estimate of drug-likeness (QED) is 0.652. The van der Waals surface area contributed by atoms with Gasteiger partial charge in [0.2, 0.25) is 0 Å². The molecule has 0 aromatic carbocycles. The van der Waals surface area contributed by atoms with E-state index in [9.17, 15) is 8.78 Å². The number of hydrogen-bond donors (Lipinski definition) is 1. The molecular formula is C8H13F2NOS. The van der Waals surface area contributed by atoms with Crippen molar-refractivity contribution >= 4 is 11.8 Å². The predicted molar refractivity (Wildman–Crippen MR) is 48.2 cm³/mol. The molecule has 2 aliphatic heterocycles. The van der Waals surface area contributed by atoms with Crippen LogP contribution >= 0.6 is 11.8 Å². The Labute approximate surface area is 80.4 Å². The number of thioether (sulfide) groups is 1. The summed E-state index contributed by atoms with van der Waals surface area (Å²) in [7, 11) is 0. The molecule has 13 heavy (non-hydrogen) atoms. The Morgan fingerprint density at radius 2 is 1.92 bits per heavy atom. The summed E-state index contributed by atoms with van der Waals surface area (Å²) < 4.78 is 30.7. The number of alkyl halides is 2. The molecule has 1 N–H and O–H groups in total. The van der Waals surface area contributed by atoms with E-state index in [1.165, 1.54) is 0 Å². The van der Waals surface area contributed by atoms with Crippen molar-refractivity contribution in [3.8, 4) is 0 Å². The summed E-state index contributed by atoms with van der Waals surface area (Å²) in [5.74, 6) is -0.688. The summed E-state index contributed by atoms with van der Waals surface area (Å²) in [6.07, 6.45) is 1.68. The van der Waals surface area contributed by atoms with Gasteiger partial charge in [-0.3, -0.25) is 5.32 Å². The highest BCUT2D eigenvalue weighted by Crippen LogP contribution is 2.33. The molecule has 0 radical (unpaired) electrons. The van der Waals surface area contributed by atoms with Crippen LogP contribution in [0.1, 0.15) is 12.8 Å². The van der Waals surface area contributed by atoms with Gasteiger partial charge in [-0.15, -0.1) is 0 Å². The van der Waals surface area contributed by atoms with Gasteiger partial charge in [0.25, 0.3) is 5.92 Å². The van der Waals surface area contributed by atoms with Crippen molar-refractivity contribution in [2.45, 2.75) is 24.5 Å². The fourth-order valence-corrected chi connectivity index (χ4v) is 2.81. The van der Waals surface area contributed by atoms with Crippen LogP contribution in [0.25, 0.3) is 0 Å². The van der Waals surface area contributed by atoms with Crippen molar-refractivity contribution in [3.05, 3.63) is 0 Å². The van der Waals surface area contributed by atoms with Crippen LogP contribution < -0.4 is 5.32 Å². The third kappa shape index (κ3) is 2.14. The van der Waals surface area contributed by atoms with E-state index in [-0.39, 0.29) is 6.54 Å². The average Bonchev–Trinajstić information content (AvgIpc) is 2.13. The lowest BCUT2D eigenvalue weighted by Crippen LogP contribution is -2.60. The molecule has 2 aliphatic rings. The SMILES string of the molecule is FC1(F)CNC2(CCSCC2)OC1. The minimum absolute atomic E-state index is 0.238. The molecule has 76 valence electrons. The maximum atomic E-state index is 12.7. The minimum atomic E-state index is -2.68. The molecule has 2 heterocycles. The lowest BCUT2D eigenvalue weighted by atomic mass is 10.0. The van der Waals surface area contributed by atoms with Gasteiger partial charge in [-0.25, -0.2) is 8.78 Å². The molecule has 2 fully saturated rings. The van der Waals surface area contributed by atoms with Gasteiger partial charge in [0.1, 0.15) is 12.3 Å². The van der Waals surface area contributed by atoms with E-state index in [2.05, 4.69) is 5.32 Å². The highest BCUT2D eigenvalue weighted by molar-refractivity contribution is 7.99. The smallest absolute Gasteiger partial charge is 0.283 e. The summed E-state index contributed by atoms with van der Waals surface area (Å²) in [6, 6.07) is 0. The summed E-state index contributed by atoms with van der Waals surface area (Å²) >= 11 is 1.85. The normalized spacial score (nSPS) is 31.8. The molecule has 0 atom stereocenters. The van der Waals surface area contributed by atoms with Gasteiger partial charge >= 0.3 is 0 Å². The maximum Gasteiger partial charge on any atom is 0.283 e. The number of nitrogens with one attached hydrogen (secondary N) is 1. The second kappa shape index (κ2) is 3.37. The second-order valence-electron chi connectivity index (χ2n) is 3.60. The van der Waals surface area contributed by atoms with Crippen LogP contribution in [-0.4, -0.2) is 36.3 Å². The zero-order valence-corrected chi connectivity index (χ0v) is 8.13. The van der Waals surface area contributed by atoms with Gasteiger partial charge in [-0.05, 0) is 24.3 Å². The number of hydrogen-bond acceptors (Lipinski definition) is 3. The van der Waals surface area contributed by atoms with Gasteiger partial charge in [-0.2, -0.15) is 11.8 Å². The second-order valence-corrected chi connectivity index (χ2v) is 4.83. The largest absolute Gasteiger partial charge is 0.354 e. The maximum absolute atomic E-state index is 12.7. The highest BCUT2D eigenvalue weighted by Gasteiger charge is 2.44. The van der Waals surface area contributed by atoms with Crippen molar-refractivity contribution in [2.24, 2.45) is 0 Å². The molecule has 0 unspecified atom stereocenters. The molecule has 1 spiro atoms. The molecule has 2 saturated heterocycles. The lowest BCUT2D eigenvalue weighted by molar-refractivity contribution is -0.196. The standard InChI is InChI=1S/C8H13F2NOS/c9-7(10)5-11-8(12-6-7)1-3-13-4-2-8/h11H,1-6H2. The first kappa shape index (κ1) is 9.68. The van der Waals surface area contributed by atoms with E-state index in [1.807, 2.05) is 11.8 Å². The molecule has 2 nitrogen and oxygen atoms in total. The Hall–Kier alpha value is 0.130. The molecule has 0 aliphatic carbocycles. The van der Waals surface area contributed by atoms with Crippen molar-refractivity contribution in [3.63, 3.8) is 0 Å². The first-order valence-corrected chi connectivity index (χ1v) is 5.62. The fourth-order valence-electron chi connectivity index (χ4n) is 1.66. The lowest BCUT2D eigenvalue weighted by Gasteiger charge is -2.43. The molecule has 0 aromatic rings.